The van der Waals surface area contributed by atoms with Crippen LogP contribution in [-0.2, 0) is 107 Å². The van der Waals surface area contributed by atoms with Crippen LogP contribution in [0.1, 0.15) is 113 Å². The number of benzene rings is 2. The average molecular weight is 1510 g/mol. The highest BCUT2D eigenvalue weighted by atomic mass is 16.7. The van der Waals surface area contributed by atoms with E-state index in [1.54, 1.807) is 44.2 Å². The van der Waals surface area contributed by atoms with E-state index in [-0.39, 0.29) is 38.0 Å². The normalized spacial score (nSPS) is 20.9. The fourth-order valence-electron chi connectivity index (χ4n) is 10.9. The van der Waals surface area contributed by atoms with Crippen molar-refractivity contribution < 1.29 is 110 Å². The van der Waals surface area contributed by atoms with Crippen LogP contribution < -0.4 is 48.3 Å². The molecule has 0 aromatic heterocycles. The maximum absolute atomic E-state index is 15.5. The van der Waals surface area contributed by atoms with Gasteiger partial charge in [0.1, 0.15) is 60.8 Å². The maximum atomic E-state index is 15.5. The summed E-state index contributed by atoms with van der Waals surface area (Å²) >= 11 is 0. The van der Waals surface area contributed by atoms with Gasteiger partial charge < -0.3 is 91.4 Å². The molecule has 1 saturated heterocycles. The second-order valence-electron chi connectivity index (χ2n) is 26.7. The predicted molar refractivity (Wildman–Crippen MR) is 384 cm³/mol. The Bertz CT molecular complexity index is 3730. The molecule has 2 aliphatic heterocycles. The van der Waals surface area contributed by atoms with E-state index in [4.69, 9.17) is 34.2 Å². The minimum Gasteiger partial charge on any atom is -0.458 e. The average Bonchev–Trinajstić information content (AvgIpc) is 1.32. The van der Waals surface area contributed by atoms with Gasteiger partial charge in [0.15, 0.2) is 23.9 Å². The van der Waals surface area contributed by atoms with Crippen molar-refractivity contribution in [3.63, 3.8) is 0 Å². The number of ether oxygens (including phenoxy) is 6. The van der Waals surface area contributed by atoms with Gasteiger partial charge in [-0.15, -0.1) is 0 Å². The van der Waals surface area contributed by atoms with Crippen molar-refractivity contribution in [1.29, 1.82) is 0 Å². The summed E-state index contributed by atoms with van der Waals surface area (Å²) in [7, 11) is 4.60. The van der Waals surface area contributed by atoms with Crippen LogP contribution in [0.5, 0.6) is 0 Å². The molecule has 2 aromatic rings. The van der Waals surface area contributed by atoms with E-state index in [9.17, 15) is 76.7 Å². The van der Waals surface area contributed by atoms with Crippen LogP contribution in [-0.4, -0.2) is 235 Å². The van der Waals surface area contributed by atoms with E-state index in [1.165, 1.54) is 93.8 Å². The monoisotopic (exact) mass is 1510 g/mol. The zero-order chi connectivity index (χ0) is 81.3. The van der Waals surface area contributed by atoms with Crippen molar-refractivity contribution in [2.75, 3.05) is 46.7 Å². The number of carbonyl (C=O) groups is 17. The molecule has 12 atom stereocenters. The van der Waals surface area contributed by atoms with Gasteiger partial charge in [0.05, 0.1) is 6.10 Å². The Morgan fingerprint density at radius 3 is 1.89 bits per heavy atom. The minimum absolute atomic E-state index is 0.0279. The third-order valence-corrected chi connectivity index (χ3v) is 17.3. The molecule has 0 radical (unpaired) electrons. The molecule has 14 amide bonds. The predicted octanol–water partition coefficient (Wildman–Crippen LogP) is 0.469. The summed E-state index contributed by atoms with van der Waals surface area (Å²) in [6.45, 7) is 19.4. The first-order valence-electron chi connectivity index (χ1n) is 34.6. The second kappa shape index (κ2) is 41.3. The molecule has 10 N–H and O–H groups in total. The van der Waals surface area contributed by atoms with E-state index in [0.29, 0.717) is 11.1 Å². The lowest BCUT2D eigenvalue weighted by Crippen LogP contribution is -2.64. The quantitative estimate of drug-likeness (QED) is 0.0193. The first-order chi connectivity index (χ1) is 50.6. The van der Waals surface area contributed by atoms with Crippen LogP contribution in [0.2, 0.25) is 0 Å². The van der Waals surface area contributed by atoms with E-state index in [1.807, 2.05) is 0 Å². The van der Waals surface area contributed by atoms with Crippen LogP contribution in [0.3, 0.4) is 0 Å². The number of likely N-dealkylation sites (N-methyl/N-ethyl adjacent to an activating group) is 3. The molecule has 0 saturated carbocycles. The molecule has 2 aromatic carbocycles. The van der Waals surface area contributed by atoms with E-state index < -0.39 is 210 Å². The van der Waals surface area contributed by atoms with Crippen molar-refractivity contribution in [1.82, 2.24) is 56.8 Å². The summed E-state index contributed by atoms with van der Waals surface area (Å²) in [6, 6.07) is -0.138. The van der Waals surface area contributed by atoms with Gasteiger partial charge in [-0.25, -0.2) is 24.0 Å². The number of carbonyl (C=O) groups excluding carboxylic acids is 17. The summed E-state index contributed by atoms with van der Waals surface area (Å²) in [6.07, 6.45) is -4.67. The van der Waals surface area contributed by atoms with Crippen LogP contribution >= 0.6 is 0 Å². The molecule has 0 spiro atoms. The largest absolute Gasteiger partial charge is 0.508 e. The first kappa shape index (κ1) is 88.8. The standard InChI is InChI=1S/C72H99N13O23/c1-36(2)54(80-51(88)31-33-85-52(89)29-30-53(85)90)64(94)79-49(24-21-32-74-71(73)101)63(93)78-48-27-25-47(26-28-48)35-104-72(102)108-60(38(5)6)57(77-45(13)87)69(99)107-59(37(3)4)56-67(97)84(16)58(43(11)103-17)70(100)105-42(10)55(76-44(12)86)68(98)106-50(34-46-22-19-18-20-23-46)66(96)83(15)40(8)61(91)75-39(7)65(95)82(14)41(9)62(92)81-56/h18-20,22-23,25-30,34,36-39,41-43,49,54-60H,8,21,24,31-33,35H2,1-7,9-17H3,(H,75,91)(H,76,86)(H,77,87)(H,78,93)(H,79,94)(H,80,88)(H,81,92)(H3,73,74,101)/b50-34+/t39-,41-,42+,43+,49-,54-,55-,56-,57-,58-,59+,60+/m0/s1. The molecule has 4 rings (SSSR count). The number of nitrogens with two attached hydrogens (primary N) is 1. The first-order valence-corrected chi connectivity index (χ1v) is 34.6. The SMILES string of the molecule is C=C1C(=O)N[C@@H](C)C(=O)N(C)[C@@H](C)C(=O)N[C@@H]([C@H](OC(=O)[C@@H](NC(C)=O)[C@H](OC(=O)OCc2ccc(NC(=O)[C@H](CCCNC(N)=O)NC(=O)[C@@H](NC(=O)CCN3C(=O)C=CC3=O)C(C)C)cc2)C(C)C)C(C)C)C(=O)N(C)[C@@H]([C@@H](C)OC)C(=O)O[C@H](C)[C@H](NC(C)=O)C(=O)O/C(=C/c2ccccc2)C(=O)N1C. The number of nitrogens with zero attached hydrogens (tertiary/aromatic N) is 4. The van der Waals surface area contributed by atoms with Crippen LogP contribution in [0.25, 0.3) is 6.08 Å². The zero-order valence-electron chi connectivity index (χ0n) is 63.3. The summed E-state index contributed by atoms with van der Waals surface area (Å²) in [5.74, 6) is -17.4. The molecule has 1 fully saturated rings. The Labute approximate surface area is 625 Å². The smallest absolute Gasteiger partial charge is 0.458 e. The van der Waals surface area contributed by atoms with Crippen LogP contribution in [0, 0.1) is 17.8 Å². The number of cyclic esters (lactones) is 2. The molecule has 36 heteroatoms. The summed E-state index contributed by atoms with van der Waals surface area (Å²) in [5.41, 5.74) is 5.49. The van der Waals surface area contributed by atoms with E-state index in [2.05, 4.69) is 49.1 Å². The molecule has 590 valence electrons. The van der Waals surface area contributed by atoms with Crippen molar-refractivity contribution in [2.24, 2.45) is 23.5 Å². The Morgan fingerprint density at radius 1 is 0.713 bits per heavy atom. The van der Waals surface area contributed by atoms with Gasteiger partial charge in [-0.1, -0.05) is 90.6 Å². The number of hydrogen-bond acceptors (Lipinski definition) is 23. The molecule has 36 nitrogen and oxygen atoms in total. The van der Waals surface area contributed by atoms with Crippen molar-refractivity contribution in [2.45, 2.75) is 182 Å². The molecule has 2 heterocycles. The number of urea groups is 1. The van der Waals surface area contributed by atoms with Gasteiger partial charge in [0.25, 0.3) is 23.6 Å². The number of imide groups is 1. The Balaban J connectivity index is 1.66. The number of methoxy groups -OCH3 is 1. The van der Waals surface area contributed by atoms with Crippen LogP contribution in [0.15, 0.2) is 84.8 Å². The van der Waals surface area contributed by atoms with Gasteiger partial charge in [-0.05, 0) is 87.6 Å². The lowest BCUT2D eigenvalue weighted by molar-refractivity contribution is -0.172. The summed E-state index contributed by atoms with van der Waals surface area (Å²) in [5, 5.41) is 20.1. The van der Waals surface area contributed by atoms with Crippen molar-refractivity contribution in [3.8, 4) is 0 Å². The van der Waals surface area contributed by atoms with Gasteiger partial charge in [-0.2, -0.15) is 0 Å². The Kier molecular flexibility index (Phi) is 34.0. The molecule has 0 aliphatic carbocycles. The second-order valence-corrected chi connectivity index (χ2v) is 26.7. The summed E-state index contributed by atoms with van der Waals surface area (Å²) in [4.78, 5) is 235. The molecule has 0 unspecified atom stereocenters. The molecular weight excluding hydrogens is 1410 g/mol. The Hall–Kier alpha value is -11.6. The lowest BCUT2D eigenvalue weighted by atomic mass is 9.95. The fraction of sp³-hybridized carbons (Fsp3) is 0.514. The fourth-order valence-corrected chi connectivity index (χ4v) is 10.9. The van der Waals surface area contributed by atoms with E-state index in [0.717, 1.165) is 65.8 Å². The number of rotatable bonds is 27. The van der Waals surface area contributed by atoms with Gasteiger partial charge in [0, 0.05) is 79.5 Å². The number of primary amides is 1. The number of nitrogens with one attached hydrogen (secondary N) is 8. The third kappa shape index (κ3) is 25.9. The summed E-state index contributed by atoms with van der Waals surface area (Å²) < 4.78 is 34.4. The number of hydrogen-bond donors (Lipinski definition) is 9. The highest BCUT2D eigenvalue weighted by Gasteiger charge is 2.47. The molecular formula is C72H99N13O23. The Morgan fingerprint density at radius 2 is 1.33 bits per heavy atom. The zero-order valence-corrected chi connectivity index (χ0v) is 63.3. The number of amides is 14. The van der Waals surface area contributed by atoms with Gasteiger partial charge in [0.2, 0.25) is 47.3 Å². The van der Waals surface area contributed by atoms with Crippen molar-refractivity contribution in [3.05, 3.63) is 95.9 Å². The highest BCUT2D eigenvalue weighted by Crippen LogP contribution is 2.24. The highest BCUT2D eigenvalue weighted by molar-refractivity contribution is 6.13. The minimum atomic E-state index is -2.04. The molecule has 108 heavy (non-hydrogen) atoms. The van der Waals surface area contributed by atoms with Gasteiger partial charge in [-0.3, -0.25) is 62.4 Å². The molecule has 2 aliphatic rings. The number of anilines is 1. The van der Waals surface area contributed by atoms with E-state index >= 15 is 4.79 Å². The third-order valence-electron chi connectivity index (χ3n) is 17.3. The molecule has 0 bridgehead atoms. The number of esters is 3. The van der Waals surface area contributed by atoms with Crippen molar-refractivity contribution >= 4 is 113 Å². The topological polar surface area (TPSA) is 481 Å². The van der Waals surface area contributed by atoms with Gasteiger partial charge >= 0.3 is 30.1 Å². The lowest BCUT2D eigenvalue weighted by Gasteiger charge is -2.38. The van der Waals surface area contributed by atoms with Crippen LogP contribution in [0.4, 0.5) is 15.3 Å². The maximum Gasteiger partial charge on any atom is 0.508 e.